The van der Waals surface area contributed by atoms with Crippen molar-refractivity contribution in [2.45, 2.75) is 57.3 Å². The summed E-state index contributed by atoms with van der Waals surface area (Å²) in [6.45, 7) is 1.74. The number of fused-ring (bicyclic) bond motifs is 2. The van der Waals surface area contributed by atoms with E-state index in [1.807, 2.05) is 35.2 Å². The number of methoxy groups -OCH3 is 1. The summed E-state index contributed by atoms with van der Waals surface area (Å²) in [7, 11) is 1.76. The Labute approximate surface area is 233 Å². The Morgan fingerprint density at radius 1 is 1.08 bits per heavy atom. The van der Waals surface area contributed by atoms with Crippen LogP contribution in [-0.2, 0) is 29.0 Å². The van der Waals surface area contributed by atoms with Gasteiger partial charge in [-0.1, -0.05) is 48.0 Å². The second kappa shape index (κ2) is 10.9. The number of hydrogen-bond donors (Lipinski definition) is 1. The fraction of sp³-hybridized carbons (Fsp3) is 0.400. The van der Waals surface area contributed by atoms with E-state index < -0.39 is 0 Å². The van der Waals surface area contributed by atoms with Crippen molar-refractivity contribution in [3.05, 3.63) is 75.9 Å². The molecule has 2 aromatic carbocycles. The highest BCUT2D eigenvalue weighted by Crippen LogP contribution is 2.32. The Bertz CT molecular complexity index is 1410. The minimum Gasteiger partial charge on any atom is -0.381 e. The van der Waals surface area contributed by atoms with Gasteiger partial charge in [0, 0.05) is 43.9 Å². The van der Waals surface area contributed by atoms with E-state index in [0.717, 1.165) is 43.2 Å². The molecular weight excluding hydrogens is 514 g/mol. The molecule has 1 aliphatic carbocycles. The minimum atomic E-state index is -0.143. The number of anilines is 1. The van der Waals surface area contributed by atoms with E-state index in [4.69, 9.17) is 21.3 Å². The Morgan fingerprint density at radius 2 is 1.87 bits per heavy atom. The van der Waals surface area contributed by atoms with Crippen molar-refractivity contribution < 1.29 is 14.3 Å². The molecule has 3 aromatic rings. The van der Waals surface area contributed by atoms with Crippen LogP contribution in [0.4, 0.5) is 5.95 Å². The summed E-state index contributed by atoms with van der Waals surface area (Å²) >= 11 is 6.50. The predicted octanol–water partition coefficient (Wildman–Crippen LogP) is 4.71. The third-order valence-electron chi connectivity index (χ3n) is 8.16. The molecular formula is C30H32ClN5O3. The molecule has 0 unspecified atom stereocenters. The van der Waals surface area contributed by atoms with Gasteiger partial charge in [-0.05, 0) is 54.9 Å². The maximum atomic E-state index is 13.3. The number of ether oxygens (including phenoxy) is 1. The number of hydrogen-bond acceptors (Lipinski definition) is 6. The number of carbonyl (C=O) groups is 2. The van der Waals surface area contributed by atoms with Crippen LogP contribution in [0.2, 0.25) is 5.02 Å². The van der Waals surface area contributed by atoms with Crippen molar-refractivity contribution in [1.29, 1.82) is 0 Å². The first-order valence-corrected chi connectivity index (χ1v) is 14.0. The lowest BCUT2D eigenvalue weighted by molar-refractivity contribution is -0.132. The zero-order valence-corrected chi connectivity index (χ0v) is 22.8. The number of nitrogens with zero attached hydrogens (tertiary/aromatic N) is 4. The molecule has 202 valence electrons. The van der Waals surface area contributed by atoms with Crippen LogP contribution < -0.4 is 5.32 Å². The molecule has 8 nitrogen and oxygen atoms in total. The van der Waals surface area contributed by atoms with Crippen LogP contribution in [0.3, 0.4) is 0 Å². The summed E-state index contributed by atoms with van der Waals surface area (Å²) in [5.41, 5.74) is 5.29. The Balaban J connectivity index is 1.14. The number of amides is 2. The molecule has 1 N–H and O–H groups in total. The van der Waals surface area contributed by atoms with Crippen molar-refractivity contribution >= 4 is 29.4 Å². The van der Waals surface area contributed by atoms with E-state index in [9.17, 15) is 9.59 Å². The quantitative estimate of drug-likeness (QED) is 0.483. The monoisotopic (exact) mass is 545 g/mol. The Kier molecular flexibility index (Phi) is 7.23. The average molecular weight is 546 g/mol. The van der Waals surface area contributed by atoms with Crippen LogP contribution in [0.5, 0.6) is 0 Å². The first-order valence-electron chi connectivity index (χ1n) is 13.6. The van der Waals surface area contributed by atoms with Gasteiger partial charge in [0.1, 0.15) is 6.54 Å². The SMILES string of the molecule is CO[C@H]1CC[C@H](Nc2ncc(Cl)c(-c3ccc4c(c3)C(=O)N(CC(=O)N3CCc5ccccc5C3)C4)n2)CC1. The van der Waals surface area contributed by atoms with E-state index in [2.05, 4.69) is 22.4 Å². The molecule has 0 saturated heterocycles. The van der Waals surface area contributed by atoms with E-state index in [1.165, 1.54) is 11.1 Å². The summed E-state index contributed by atoms with van der Waals surface area (Å²) in [4.78, 5) is 39.0. The van der Waals surface area contributed by atoms with Gasteiger partial charge in [-0.15, -0.1) is 0 Å². The third kappa shape index (κ3) is 5.36. The maximum absolute atomic E-state index is 13.3. The fourth-order valence-electron chi connectivity index (χ4n) is 5.87. The van der Waals surface area contributed by atoms with Crippen molar-refractivity contribution in [2.75, 3.05) is 25.5 Å². The predicted molar refractivity (Wildman–Crippen MR) is 149 cm³/mol. The molecule has 2 amide bonds. The maximum Gasteiger partial charge on any atom is 0.254 e. The molecule has 1 fully saturated rings. The van der Waals surface area contributed by atoms with Gasteiger partial charge in [0.25, 0.3) is 5.91 Å². The lowest BCUT2D eigenvalue weighted by Crippen LogP contribution is -2.42. The van der Waals surface area contributed by atoms with E-state index in [-0.39, 0.29) is 24.4 Å². The summed E-state index contributed by atoms with van der Waals surface area (Å²) in [5, 5.41) is 3.86. The molecule has 0 bridgehead atoms. The van der Waals surface area contributed by atoms with Crippen LogP contribution in [0.25, 0.3) is 11.3 Å². The summed E-state index contributed by atoms with van der Waals surface area (Å²) in [6.07, 6.45) is 6.75. The van der Waals surface area contributed by atoms with E-state index in [1.54, 1.807) is 18.2 Å². The summed E-state index contributed by atoms with van der Waals surface area (Å²) in [5.74, 6) is 0.355. The number of benzene rings is 2. The number of rotatable bonds is 6. The van der Waals surface area contributed by atoms with Gasteiger partial charge in [0.2, 0.25) is 11.9 Å². The minimum absolute atomic E-state index is 0.0278. The van der Waals surface area contributed by atoms with Gasteiger partial charge >= 0.3 is 0 Å². The molecule has 0 spiro atoms. The van der Waals surface area contributed by atoms with E-state index >= 15 is 0 Å². The molecule has 6 rings (SSSR count). The summed E-state index contributed by atoms with van der Waals surface area (Å²) < 4.78 is 5.47. The van der Waals surface area contributed by atoms with Crippen molar-refractivity contribution in [1.82, 2.24) is 19.8 Å². The van der Waals surface area contributed by atoms with Gasteiger partial charge in [0.05, 0.1) is 23.0 Å². The highest BCUT2D eigenvalue weighted by molar-refractivity contribution is 6.33. The molecule has 3 aliphatic rings. The number of carbonyl (C=O) groups excluding carboxylic acids is 2. The van der Waals surface area contributed by atoms with Crippen LogP contribution in [0.1, 0.15) is 52.7 Å². The zero-order valence-electron chi connectivity index (χ0n) is 22.0. The van der Waals surface area contributed by atoms with Gasteiger partial charge in [0.15, 0.2) is 0 Å². The molecule has 39 heavy (non-hydrogen) atoms. The Morgan fingerprint density at radius 3 is 2.67 bits per heavy atom. The number of halogens is 1. The molecule has 0 radical (unpaired) electrons. The largest absolute Gasteiger partial charge is 0.381 e. The van der Waals surface area contributed by atoms with Gasteiger partial charge in [-0.2, -0.15) is 0 Å². The van der Waals surface area contributed by atoms with Crippen LogP contribution in [0, 0.1) is 0 Å². The molecule has 3 heterocycles. The molecule has 1 saturated carbocycles. The van der Waals surface area contributed by atoms with Crippen LogP contribution in [-0.4, -0.2) is 63.9 Å². The van der Waals surface area contributed by atoms with E-state index in [0.29, 0.717) is 48.0 Å². The first kappa shape index (κ1) is 25.8. The highest BCUT2D eigenvalue weighted by atomic mass is 35.5. The summed E-state index contributed by atoms with van der Waals surface area (Å²) in [6, 6.07) is 14.2. The lowest BCUT2D eigenvalue weighted by Gasteiger charge is -2.30. The van der Waals surface area contributed by atoms with Gasteiger partial charge in [-0.25, -0.2) is 9.97 Å². The molecule has 9 heteroatoms. The number of nitrogens with one attached hydrogen (secondary N) is 1. The average Bonchev–Trinajstić information content (AvgIpc) is 3.28. The van der Waals surface area contributed by atoms with Crippen molar-refractivity contribution in [3.63, 3.8) is 0 Å². The fourth-order valence-corrected chi connectivity index (χ4v) is 6.07. The standard InChI is InChI=1S/C30H32ClN5O3/c1-39-24-10-8-23(9-11-24)33-30-32-15-26(31)28(34-30)20-6-7-22-17-36(29(38)25(22)14-20)18-27(37)35-13-12-19-4-2-3-5-21(19)16-35/h2-7,14-15,23-24H,8-13,16-18H2,1H3,(H,32,33,34)/t23-,24-. The second-order valence-electron chi connectivity index (χ2n) is 10.6. The molecule has 1 aromatic heterocycles. The Hall–Kier alpha value is -3.49. The van der Waals surface area contributed by atoms with Gasteiger partial charge in [-0.3, -0.25) is 9.59 Å². The smallest absolute Gasteiger partial charge is 0.254 e. The second-order valence-corrected chi connectivity index (χ2v) is 11.0. The number of aromatic nitrogens is 2. The van der Waals surface area contributed by atoms with Crippen molar-refractivity contribution in [2.24, 2.45) is 0 Å². The van der Waals surface area contributed by atoms with Crippen molar-refractivity contribution in [3.8, 4) is 11.3 Å². The normalized spacial score (nSPS) is 20.5. The highest BCUT2D eigenvalue weighted by Gasteiger charge is 2.31. The molecule has 0 atom stereocenters. The molecule has 2 aliphatic heterocycles. The zero-order chi connectivity index (χ0) is 26.9. The first-order chi connectivity index (χ1) is 19.0. The van der Waals surface area contributed by atoms with Crippen LogP contribution in [0.15, 0.2) is 48.7 Å². The van der Waals surface area contributed by atoms with Gasteiger partial charge < -0.3 is 19.9 Å². The van der Waals surface area contributed by atoms with Crippen LogP contribution >= 0.6 is 11.6 Å². The topological polar surface area (TPSA) is 87.7 Å². The lowest BCUT2D eigenvalue weighted by atomic mass is 9.93. The third-order valence-corrected chi connectivity index (χ3v) is 8.43.